The minimum atomic E-state index is -0.740. The van der Waals surface area contributed by atoms with Crippen molar-refractivity contribution in [2.75, 3.05) is 0 Å². The van der Waals surface area contributed by atoms with Crippen LogP contribution in [0.3, 0.4) is 0 Å². The Bertz CT molecular complexity index is 309. The first-order valence-corrected chi connectivity index (χ1v) is 6.26. The van der Waals surface area contributed by atoms with Gasteiger partial charge in [-0.2, -0.15) is 0 Å². The fourth-order valence-corrected chi connectivity index (χ4v) is 2.68. The van der Waals surface area contributed by atoms with Crippen LogP contribution >= 0.6 is 38.5 Å². The molecule has 1 N–H and O–H groups in total. The summed E-state index contributed by atoms with van der Waals surface area (Å²) < 4.78 is 7.16. The lowest BCUT2D eigenvalue weighted by molar-refractivity contribution is -0.134. The zero-order valence-corrected chi connectivity index (χ0v) is 11.3. The number of aliphatic hydroxyl groups is 1. The Morgan fingerprint density at radius 2 is 2.36 bits per heavy atom. The standard InChI is InChI=1S/C9H10BrIO3/c1-2-3-5(12)7-8(10)6(4-11)14-9(7)13/h4-5,12H,2-3H2,1H3/b6-4+/t5-/m1/s1. The van der Waals surface area contributed by atoms with E-state index in [1.807, 2.05) is 29.5 Å². The van der Waals surface area contributed by atoms with Crippen molar-refractivity contribution in [2.24, 2.45) is 0 Å². The summed E-state index contributed by atoms with van der Waals surface area (Å²) in [6, 6.07) is 0. The third kappa shape index (κ3) is 2.38. The molecule has 0 amide bonds. The fourth-order valence-electron chi connectivity index (χ4n) is 1.19. The van der Waals surface area contributed by atoms with E-state index in [9.17, 15) is 9.90 Å². The number of cyclic esters (lactones) is 1. The minimum Gasteiger partial charge on any atom is -0.421 e. The summed E-state index contributed by atoms with van der Waals surface area (Å²) in [5.41, 5.74) is 0.328. The zero-order chi connectivity index (χ0) is 10.7. The maximum atomic E-state index is 11.4. The summed E-state index contributed by atoms with van der Waals surface area (Å²) in [5, 5.41) is 9.68. The summed E-state index contributed by atoms with van der Waals surface area (Å²) in [4.78, 5) is 11.4. The van der Waals surface area contributed by atoms with Gasteiger partial charge in [-0.1, -0.05) is 13.3 Å². The molecule has 0 fully saturated rings. The van der Waals surface area contributed by atoms with E-state index in [1.54, 1.807) is 4.08 Å². The lowest BCUT2D eigenvalue weighted by atomic mass is 10.1. The van der Waals surface area contributed by atoms with Crippen LogP contribution in [0.4, 0.5) is 0 Å². The minimum absolute atomic E-state index is 0.328. The number of carbonyl (C=O) groups excluding carboxylic acids is 1. The van der Waals surface area contributed by atoms with Gasteiger partial charge in [0.1, 0.15) is 0 Å². The average Bonchev–Trinajstić information content (AvgIpc) is 2.41. The van der Waals surface area contributed by atoms with Crippen molar-refractivity contribution in [3.63, 3.8) is 0 Å². The van der Waals surface area contributed by atoms with Gasteiger partial charge in [0.2, 0.25) is 0 Å². The third-order valence-corrected chi connectivity index (χ3v) is 3.25. The van der Waals surface area contributed by atoms with Gasteiger partial charge in [-0.25, -0.2) is 4.79 Å². The molecule has 1 heterocycles. The van der Waals surface area contributed by atoms with E-state index in [1.165, 1.54) is 0 Å². The first-order chi connectivity index (χ1) is 6.61. The lowest BCUT2D eigenvalue weighted by Crippen LogP contribution is -2.15. The van der Waals surface area contributed by atoms with Crippen molar-refractivity contribution in [3.8, 4) is 0 Å². The first kappa shape index (κ1) is 12.2. The van der Waals surface area contributed by atoms with Gasteiger partial charge in [0.15, 0.2) is 5.76 Å². The van der Waals surface area contributed by atoms with Crippen molar-refractivity contribution in [1.29, 1.82) is 0 Å². The first-order valence-electron chi connectivity index (χ1n) is 4.22. The number of rotatable bonds is 3. The maximum Gasteiger partial charge on any atom is 0.343 e. The molecule has 0 saturated heterocycles. The van der Waals surface area contributed by atoms with E-state index >= 15 is 0 Å². The van der Waals surface area contributed by atoms with Crippen molar-refractivity contribution in [3.05, 3.63) is 19.9 Å². The van der Waals surface area contributed by atoms with Gasteiger partial charge in [0, 0.05) is 4.08 Å². The van der Waals surface area contributed by atoms with Gasteiger partial charge in [-0.05, 0) is 44.9 Å². The molecule has 0 aromatic heterocycles. The highest BCUT2D eigenvalue weighted by Gasteiger charge is 2.32. The van der Waals surface area contributed by atoms with Gasteiger partial charge < -0.3 is 9.84 Å². The molecule has 0 radical (unpaired) electrons. The molecule has 1 rings (SSSR count). The Kier molecular flexibility index (Phi) is 4.59. The van der Waals surface area contributed by atoms with Crippen LogP contribution in [0.15, 0.2) is 19.9 Å². The second-order valence-electron chi connectivity index (χ2n) is 2.90. The highest BCUT2D eigenvalue weighted by Crippen LogP contribution is 2.34. The topological polar surface area (TPSA) is 46.5 Å². The average molecular weight is 373 g/mol. The number of hydrogen-bond donors (Lipinski definition) is 1. The van der Waals surface area contributed by atoms with E-state index < -0.39 is 12.1 Å². The van der Waals surface area contributed by atoms with E-state index in [0.29, 0.717) is 22.2 Å². The zero-order valence-electron chi connectivity index (χ0n) is 7.59. The van der Waals surface area contributed by atoms with Crippen LogP contribution in [-0.4, -0.2) is 17.2 Å². The molecule has 0 bridgehead atoms. The monoisotopic (exact) mass is 372 g/mol. The normalized spacial score (nSPS) is 21.7. The van der Waals surface area contributed by atoms with Gasteiger partial charge in [0.05, 0.1) is 16.2 Å². The van der Waals surface area contributed by atoms with Crippen LogP contribution in [0.2, 0.25) is 0 Å². The Balaban J connectivity index is 2.95. The summed E-state index contributed by atoms with van der Waals surface area (Å²) in [5.74, 6) is 0.0153. The molecule has 0 aromatic rings. The summed E-state index contributed by atoms with van der Waals surface area (Å²) in [6.07, 6.45) is 0.644. The predicted molar refractivity (Wildman–Crippen MR) is 65.1 cm³/mol. The molecule has 1 atom stereocenters. The van der Waals surface area contributed by atoms with E-state index in [2.05, 4.69) is 15.9 Å². The highest BCUT2D eigenvalue weighted by molar-refractivity contribution is 14.1. The molecule has 1 aliphatic heterocycles. The van der Waals surface area contributed by atoms with Crippen molar-refractivity contribution >= 4 is 44.5 Å². The van der Waals surface area contributed by atoms with Crippen LogP contribution in [-0.2, 0) is 9.53 Å². The van der Waals surface area contributed by atoms with Gasteiger partial charge in [0.25, 0.3) is 0 Å². The summed E-state index contributed by atoms with van der Waals surface area (Å²) >= 11 is 5.23. The SMILES string of the molecule is CCC[C@@H](O)C1=C(Br)/C(=C\I)OC1=O. The summed E-state index contributed by atoms with van der Waals surface area (Å²) in [6.45, 7) is 1.95. The molecular formula is C9H10BrIO3. The Morgan fingerprint density at radius 3 is 2.79 bits per heavy atom. The van der Waals surface area contributed by atoms with Crippen molar-refractivity contribution in [2.45, 2.75) is 25.9 Å². The van der Waals surface area contributed by atoms with Gasteiger partial charge >= 0.3 is 5.97 Å². The van der Waals surface area contributed by atoms with Crippen LogP contribution in [0, 0.1) is 0 Å². The largest absolute Gasteiger partial charge is 0.421 e. The maximum absolute atomic E-state index is 11.4. The molecule has 3 nitrogen and oxygen atoms in total. The highest BCUT2D eigenvalue weighted by atomic mass is 127. The number of carbonyl (C=O) groups is 1. The smallest absolute Gasteiger partial charge is 0.343 e. The van der Waals surface area contributed by atoms with E-state index in [4.69, 9.17) is 4.74 Å². The van der Waals surface area contributed by atoms with E-state index in [-0.39, 0.29) is 0 Å². The third-order valence-electron chi connectivity index (χ3n) is 1.87. The molecule has 14 heavy (non-hydrogen) atoms. The van der Waals surface area contributed by atoms with Crippen molar-refractivity contribution in [1.82, 2.24) is 0 Å². The molecular weight excluding hydrogens is 363 g/mol. The molecule has 0 aromatic carbocycles. The Morgan fingerprint density at radius 1 is 1.71 bits per heavy atom. The molecule has 0 aliphatic carbocycles. The molecule has 0 saturated carbocycles. The van der Waals surface area contributed by atoms with Crippen LogP contribution in [0.25, 0.3) is 0 Å². The number of ether oxygens (including phenoxy) is 1. The molecule has 1 aliphatic rings. The number of halogens is 2. The molecule has 0 spiro atoms. The number of hydrogen-bond acceptors (Lipinski definition) is 3. The fraction of sp³-hybridized carbons (Fsp3) is 0.444. The quantitative estimate of drug-likeness (QED) is 0.612. The van der Waals surface area contributed by atoms with E-state index in [0.717, 1.165) is 6.42 Å². The van der Waals surface area contributed by atoms with Crippen LogP contribution < -0.4 is 0 Å². The number of allylic oxidation sites excluding steroid dienone is 1. The van der Waals surface area contributed by atoms with Gasteiger partial charge in [-0.15, -0.1) is 0 Å². The number of aliphatic hydroxyl groups excluding tert-OH is 1. The second kappa shape index (κ2) is 5.27. The summed E-state index contributed by atoms with van der Waals surface area (Å²) in [7, 11) is 0. The van der Waals surface area contributed by atoms with Crippen LogP contribution in [0.5, 0.6) is 0 Å². The lowest BCUT2D eigenvalue weighted by Gasteiger charge is -2.07. The molecule has 0 unspecified atom stereocenters. The van der Waals surface area contributed by atoms with Gasteiger partial charge in [-0.3, -0.25) is 0 Å². The molecule has 5 heteroatoms. The predicted octanol–water partition coefficient (Wildman–Crippen LogP) is 2.63. The Hall–Kier alpha value is 0.120. The molecule has 78 valence electrons. The number of esters is 1. The Labute approximate surface area is 104 Å². The van der Waals surface area contributed by atoms with Crippen LogP contribution in [0.1, 0.15) is 19.8 Å². The second-order valence-corrected chi connectivity index (χ2v) is 4.31. The van der Waals surface area contributed by atoms with Crippen molar-refractivity contribution < 1.29 is 14.6 Å².